The first-order chi connectivity index (χ1) is 17.5. The van der Waals surface area contributed by atoms with E-state index in [2.05, 4.69) is 43.8 Å². The van der Waals surface area contributed by atoms with E-state index < -0.39 is 0 Å². The molecule has 3 aromatic heterocycles. The number of para-hydroxylation sites is 1. The Hall–Kier alpha value is -4.04. The molecule has 5 rings (SSSR count). The fourth-order valence-corrected chi connectivity index (χ4v) is 5.32. The average Bonchev–Trinajstić information content (AvgIpc) is 3.39. The SMILES string of the molecule is COC(=O)c1ccccc1-n1c(C)cc([C@@H]2[C@@H](c3ccccn3)NC(=S)N2Cc2cccnc2)c1C. The van der Waals surface area contributed by atoms with E-state index in [9.17, 15) is 4.79 Å². The summed E-state index contributed by atoms with van der Waals surface area (Å²) < 4.78 is 7.17. The Balaban J connectivity index is 1.64. The lowest BCUT2D eigenvalue weighted by molar-refractivity contribution is 0.0600. The second-order valence-corrected chi connectivity index (χ2v) is 9.17. The molecule has 0 amide bonds. The standard InChI is InChI=1S/C28H27N5O2S/c1-18-15-22(19(2)33(18)24-12-5-4-10-21(24)27(34)35-3)26-25(23-11-6-7-14-30-23)31-28(36)32(26)17-20-9-8-13-29-16-20/h4-16,25-26H,17H2,1-3H3,(H,31,36)/t25-,26-/m1/s1. The number of hydrogen-bond donors (Lipinski definition) is 1. The first-order valence-electron chi connectivity index (χ1n) is 11.7. The van der Waals surface area contributed by atoms with Crippen LogP contribution < -0.4 is 5.32 Å². The molecule has 4 aromatic rings. The van der Waals surface area contributed by atoms with Crippen LogP contribution in [0.3, 0.4) is 0 Å². The molecule has 0 spiro atoms. The van der Waals surface area contributed by atoms with Gasteiger partial charge in [-0.05, 0) is 73.6 Å². The molecule has 182 valence electrons. The summed E-state index contributed by atoms with van der Waals surface area (Å²) in [5.74, 6) is -0.368. The maximum atomic E-state index is 12.5. The summed E-state index contributed by atoms with van der Waals surface area (Å²) in [7, 11) is 1.40. The predicted molar refractivity (Wildman–Crippen MR) is 142 cm³/mol. The highest BCUT2D eigenvalue weighted by atomic mass is 32.1. The molecule has 1 fully saturated rings. The minimum atomic E-state index is -0.368. The minimum absolute atomic E-state index is 0.113. The number of esters is 1. The molecule has 7 nitrogen and oxygen atoms in total. The van der Waals surface area contributed by atoms with E-state index in [0.717, 1.165) is 33.9 Å². The normalized spacial score (nSPS) is 17.2. The highest BCUT2D eigenvalue weighted by Gasteiger charge is 2.41. The Morgan fingerprint density at radius 1 is 1.08 bits per heavy atom. The number of hydrogen-bond acceptors (Lipinski definition) is 5. The monoisotopic (exact) mass is 497 g/mol. The molecule has 0 saturated carbocycles. The van der Waals surface area contributed by atoms with Gasteiger partial charge in [-0.25, -0.2) is 4.79 Å². The maximum absolute atomic E-state index is 12.5. The van der Waals surface area contributed by atoms with Crippen LogP contribution in [0, 0.1) is 13.8 Å². The van der Waals surface area contributed by atoms with Crippen molar-refractivity contribution in [3.8, 4) is 5.69 Å². The second-order valence-electron chi connectivity index (χ2n) is 8.79. The van der Waals surface area contributed by atoms with Crippen LogP contribution in [-0.2, 0) is 11.3 Å². The lowest BCUT2D eigenvalue weighted by Crippen LogP contribution is -2.29. The van der Waals surface area contributed by atoms with Crippen molar-refractivity contribution in [3.05, 3.63) is 113 Å². The van der Waals surface area contributed by atoms with Crippen LogP contribution in [0.15, 0.2) is 79.3 Å². The van der Waals surface area contributed by atoms with E-state index in [1.54, 1.807) is 18.5 Å². The van der Waals surface area contributed by atoms with Gasteiger partial charge in [-0.3, -0.25) is 9.97 Å². The first-order valence-corrected chi connectivity index (χ1v) is 12.1. The highest BCUT2D eigenvalue weighted by molar-refractivity contribution is 7.80. The van der Waals surface area contributed by atoms with Gasteiger partial charge < -0.3 is 19.5 Å². The van der Waals surface area contributed by atoms with E-state index in [4.69, 9.17) is 17.0 Å². The van der Waals surface area contributed by atoms with Crippen molar-refractivity contribution in [1.29, 1.82) is 0 Å². The number of carbonyl (C=O) groups is 1. The van der Waals surface area contributed by atoms with Gasteiger partial charge >= 0.3 is 5.97 Å². The van der Waals surface area contributed by atoms with Gasteiger partial charge in [0.05, 0.1) is 36.1 Å². The van der Waals surface area contributed by atoms with Crippen LogP contribution >= 0.6 is 12.2 Å². The zero-order valence-electron chi connectivity index (χ0n) is 20.4. The maximum Gasteiger partial charge on any atom is 0.339 e. The Bertz CT molecular complexity index is 1400. The van der Waals surface area contributed by atoms with Gasteiger partial charge in [0.15, 0.2) is 5.11 Å². The van der Waals surface area contributed by atoms with Crippen molar-refractivity contribution in [3.63, 3.8) is 0 Å². The smallest absolute Gasteiger partial charge is 0.339 e. The number of ether oxygens (including phenoxy) is 1. The summed E-state index contributed by atoms with van der Waals surface area (Å²) in [6.45, 7) is 4.73. The number of aromatic nitrogens is 3. The number of carbonyl (C=O) groups excluding carboxylic acids is 1. The lowest BCUT2D eigenvalue weighted by atomic mass is 9.96. The number of rotatable bonds is 6. The van der Waals surface area contributed by atoms with Crippen molar-refractivity contribution in [2.24, 2.45) is 0 Å². The quantitative estimate of drug-likeness (QED) is 0.302. The Morgan fingerprint density at radius 3 is 2.61 bits per heavy atom. The predicted octanol–water partition coefficient (Wildman–Crippen LogP) is 4.84. The minimum Gasteiger partial charge on any atom is -0.465 e. The molecule has 0 radical (unpaired) electrons. The summed E-state index contributed by atoms with van der Waals surface area (Å²) in [4.78, 5) is 23.7. The zero-order chi connectivity index (χ0) is 25.2. The van der Waals surface area contributed by atoms with Crippen molar-refractivity contribution in [1.82, 2.24) is 24.8 Å². The lowest BCUT2D eigenvalue weighted by Gasteiger charge is -2.28. The average molecular weight is 498 g/mol. The summed E-state index contributed by atoms with van der Waals surface area (Å²) in [6, 6.07) is 19.3. The molecule has 8 heteroatoms. The van der Waals surface area contributed by atoms with E-state index in [1.165, 1.54) is 7.11 Å². The van der Waals surface area contributed by atoms with Crippen LogP contribution in [0.25, 0.3) is 5.69 Å². The molecule has 1 N–H and O–H groups in total. The largest absolute Gasteiger partial charge is 0.465 e. The third-order valence-electron chi connectivity index (χ3n) is 6.61. The molecule has 0 aliphatic carbocycles. The van der Waals surface area contributed by atoms with Crippen LogP contribution in [0.1, 0.15) is 50.7 Å². The number of methoxy groups -OCH3 is 1. The van der Waals surface area contributed by atoms with E-state index >= 15 is 0 Å². The van der Waals surface area contributed by atoms with Gasteiger partial charge in [0.1, 0.15) is 0 Å². The van der Waals surface area contributed by atoms with E-state index in [0.29, 0.717) is 17.2 Å². The molecule has 2 atom stereocenters. The Morgan fingerprint density at radius 2 is 1.89 bits per heavy atom. The van der Waals surface area contributed by atoms with Gasteiger partial charge in [0, 0.05) is 36.5 Å². The molecule has 36 heavy (non-hydrogen) atoms. The number of aryl methyl sites for hydroxylation is 1. The topological polar surface area (TPSA) is 72.3 Å². The first kappa shape index (κ1) is 23.7. The fraction of sp³-hybridized carbons (Fsp3) is 0.214. The molecule has 1 aliphatic rings. The molecule has 4 heterocycles. The van der Waals surface area contributed by atoms with Crippen LogP contribution in [0.5, 0.6) is 0 Å². The van der Waals surface area contributed by atoms with Gasteiger partial charge in [-0.2, -0.15) is 0 Å². The van der Waals surface area contributed by atoms with Crippen molar-refractivity contribution >= 4 is 23.3 Å². The third kappa shape index (κ3) is 4.24. The molecular formula is C28H27N5O2S. The number of thiocarbonyl (C=S) groups is 1. The van der Waals surface area contributed by atoms with Crippen molar-refractivity contribution < 1.29 is 9.53 Å². The summed E-state index contributed by atoms with van der Waals surface area (Å²) in [5.41, 5.74) is 6.43. The number of nitrogens with zero attached hydrogens (tertiary/aromatic N) is 4. The van der Waals surface area contributed by atoms with E-state index in [1.807, 2.05) is 55.6 Å². The fourth-order valence-electron chi connectivity index (χ4n) is 5.01. The molecule has 1 aromatic carbocycles. The molecular weight excluding hydrogens is 470 g/mol. The summed E-state index contributed by atoms with van der Waals surface area (Å²) >= 11 is 5.84. The summed E-state index contributed by atoms with van der Waals surface area (Å²) in [6.07, 6.45) is 5.44. The highest BCUT2D eigenvalue weighted by Crippen LogP contribution is 2.42. The Labute approximate surface area is 215 Å². The summed E-state index contributed by atoms with van der Waals surface area (Å²) in [5, 5.41) is 4.18. The van der Waals surface area contributed by atoms with Crippen molar-refractivity contribution in [2.75, 3.05) is 7.11 Å². The zero-order valence-corrected chi connectivity index (χ0v) is 21.2. The van der Waals surface area contributed by atoms with Crippen LogP contribution in [0.4, 0.5) is 0 Å². The second kappa shape index (κ2) is 9.91. The number of pyridine rings is 2. The van der Waals surface area contributed by atoms with Gasteiger partial charge in [-0.15, -0.1) is 0 Å². The van der Waals surface area contributed by atoms with Crippen LogP contribution in [-0.4, -0.2) is 37.6 Å². The van der Waals surface area contributed by atoms with Crippen LogP contribution in [0.2, 0.25) is 0 Å². The molecule has 0 bridgehead atoms. The molecule has 0 unspecified atom stereocenters. The van der Waals surface area contributed by atoms with Gasteiger partial charge in [0.25, 0.3) is 0 Å². The third-order valence-corrected chi connectivity index (χ3v) is 6.97. The molecule has 1 saturated heterocycles. The number of benzene rings is 1. The number of nitrogens with one attached hydrogen (secondary N) is 1. The van der Waals surface area contributed by atoms with Gasteiger partial charge in [-0.1, -0.05) is 24.3 Å². The Kier molecular flexibility index (Phi) is 6.52. The van der Waals surface area contributed by atoms with Gasteiger partial charge in [0.2, 0.25) is 0 Å². The molecule has 1 aliphatic heterocycles. The van der Waals surface area contributed by atoms with Crippen molar-refractivity contribution in [2.45, 2.75) is 32.5 Å². The van der Waals surface area contributed by atoms with E-state index in [-0.39, 0.29) is 18.1 Å².